The quantitative estimate of drug-likeness (QED) is 0.305. The number of nitrogens with one attached hydrogen (secondary N) is 1. The highest BCUT2D eigenvalue weighted by molar-refractivity contribution is 7.15. The molecule has 2 aliphatic heterocycles. The van der Waals surface area contributed by atoms with E-state index >= 15 is 0 Å². The van der Waals surface area contributed by atoms with Crippen LogP contribution in [0.5, 0.6) is 0 Å². The molecule has 2 unspecified atom stereocenters. The Morgan fingerprint density at radius 1 is 1.15 bits per heavy atom. The summed E-state index contributed by atoms with van der Waals surface area (Å²) >= 11 is 1.11. The second-order valence-corrected chi connectivity index (χ2v) is 13.2. The number of aromatic carboxylic acids is 1. The summed E-state index contributed by atoms with van der Waals surface area (Å²) in [5.41, 5.74) is 0.189. The fraction of sp³-hybridized carbons (Fsp3) is 0.700. The number of carbonyl (C=O) groups is 3. The molecule has 220 valence electrons. The van der Waals surface area contributed by atoms with E-state index in [-0.39, 0.29) is 40.4 Å². The molecule has 3 aliphatic rings. The van der Waals surface area contributed by atoms with E-state index in [4.69, 9.17) is 14.2 Å². The maximum atomic E-state index is 13.8. The van der Waals surface area contributed by atoms with Crippen LogP contribution in [-0.4, -0.2) is 61.8 Å². The van der Waals surface area contributed by atoms with E-state index in [0.29, 0.717) is 55.6 Å². The smallest absolute Gasteiger partial charge is 0.407 e. The molecule has 1 aromatic heterocycles. The number of unbranched alkanes of at least 4 members (excludes halogenated alkanes) is 1. The molecule has 3 heterocycles. The van der Waals surface area contributed by atoms with E-state index < -0.39 is 12.1 Å². The van der Waals surface area contributed by atoms with Crippen LogP contribution in [0.15, 0.2) is 6.07 Å². The van der Waals surface area contributed by atoms with Crippen molar-refractivity contribution in [1.29, 1.82) is 0 Å². The number of anilines is 1. The average molecular weight is 575 g/mol. The summed E-state index contributed by atoms with van der Waals surface area (Å²) in [6.45, 7) is 9.91. The maximum Gasteiger partial charge on any atom is 0.407 e. The summed E-state index contributed by atoms with van der Waals surface area (Å²) in [5, 5.41) is 12.8. The van der Waals surface area contributed by atoms with Crippen molar-refractivity contribution in [1.82, 2.24) is 5.32 Å². The van der Waals surface area contributed by atoms with Gasteiger partial charge in [0, 0.05) is 24.4 Å². The summed E-state index contributed by atoms with van der Waals surface area (Å²) < 4.78 is 16.5. The van der Waals surface area contributed by atoms with E-state index in [9.17, 15) is 19.5 Å². The summed E-state index contributed by atoms with van der Waals surface area (Å²) in [5.74, 6) is 5.74. The predicted octanol–water partition coefficient (Wildman–Crippen LogP) is 5.27. The van der Waals surface area contributed by atoms with Gasteiger partial charge in [0.15, 0.2) is 6.29 Å². The number of carboxylic acids is 1. The lowest BCUT2D eigenvalue weighted by molar-refractivity contribution is -0.123. The Labute approximate surface area is 240 Å². The molecule has 4 rings (SSSR count). The monoisotopic (exact) mass is 574 g/mol. The minimum atomic E-state index is -1.06. The molecule has 0 radical (unpaired) electrons. The van der Waals surface area contributed by atoms with Crippen molar-refractivity contribution >= 4 is 35.0 Å². The number of thiophene rings is 1. The SMILES string of the molecule is CC1CCC(C(=O)N(CCCCNC(=O)OC2CO[C@@H]3OCCC23)c2cc(C#CC(C)(C)C)sc2C(=O)O)CC1. The zero-order chi connectivity index (χ0) is 28.9. The first kappa shape index (κ1) is 30.4. The van der Waals surface area contributed by atoms with E-state index in [1.807, 2.05) is 20.8 Å². The predicted molar refractivity (Wildman–Crippen MR) is 152 cm³/mol. The van der Waals surface area contributed by atoms with Crippen LogP contribution >= 0.6 is 11.3 Å². The molecule has 2 amide bonds. The second-order valence-electron chi connectivity index (χ2n) is 12.2. The number of ether oxygens (including phenoxy) is 3. The van der Waals surface area contributed by atoms with Gasteiger partial charge in [0.1, 0.15) is 11.0 Å². The molecule has 0 spiro atoms. The number of alkyl carbamates (subject to hydrolysis) is 1. The Morgan fingerprint density at radius 3 is 2.60 bits per heavy atom. The van der Waals surface area contributed by atoms with Gasteiger partial charge in [0.25, 0.3) is 0 Å². The molecular formula is C30H42N2O7S. The van der Waals surface area contributed by atoms with Crippen LogP contribution < -0.4 is 10.2 Å². The van der Waals surface area contributed by atoms with Crippen molar-refractivity contribution in [3.63, 3.8) is 0 Å². The van der Waals surface area contributed by atoms with Crippen molar-refractivity contribution in [3.05, 3.63) is 15.8 Å². The van der Waals surface area contributed by atoms with Crippen molar-refractivity contribution in [2.45, 2.75) is 85.0 Å². The van der Waals surface area contributed by atoms with Gasteiger partial charge < -0.3 is 29.5 Å². The first-order valence-electron chi connectivity index (χ1n) is 14.4. The van der Waals surface area contributed by atoms with Crippen LogP contribution in [0.25, 0.3) is 0 Å². The molecule has 9 nitrogen and oxygen atoms in total. The first-order valence-corrected chi connectivity index (χ1v) is 15.2. The van der Waals surface area contributed by atoms with Crippen LogP contribution in [0.4, 0.5) is 10.5 Å². The fourth-order valence-corrected chi connectivity index (χ4v) is 6.29. The normalized spacial score (nSPS) is 25.9. The zero-order valence-corrected chi connectivity index (χ0v) is 24.8. The number of hydrogen-bond acceptors (Lipinski definition) is 7. The van der Waals surface area contributed by atoms with E-state index in [0.717, 1.165) is 43.4 Å². The Hall–Kier alpha value is -2.61. The van der Waals surface area contributed by atoms with Gasteiger partial charge in [-0.25, -0.2) is 9.59 Å². The van der Waals surface area contributed by atoms with Crippen molar-refractivity contribution < 1.29 is 33.7 Å². The van der Waals surface area contributed by atoms with Crippen molar-refractivity contribution in [3.8, 4) is 11.8 Å². The highest BCUT2D eigenvalue weighted by Crippen LogP contribution is 2.36. The molecule has 0 bridgehead atoms. The number of rotatable bonds is 9. The number of hydrogen-bond donors (Lipinski definition) is 2. The molecule has 3 atom stereocenters. The van der Waals surface area contributed by atoms with Gasteiger partial charge in [-0.05, 0) is 77.7 Å². The maximum absolute atomic E-state index is 13.8. The fourth-order valence-electron chi connectivity index (χ4n) is 5.43. The van der Waals surface area contributed by atoms with Gasteiger partial charge in [-0.15, -0.1) is 11.3 Å². The first-order chi connectivity index (χ1) is 19.0. The molecule has 1 aliphatic carbocycles. The lowest BCUT2D eigenvalue weighted by Gasteiger charge is -2.31. The van der Waals surface area contributed by atoms with Crippen LogP contribution in [0.2, 0.25) is 0 Å². The van der Waals surface area contributed by atoms with Gasteiger partial charge in [-0.2, -0.15) is 0 Å². The molecule has 1 saturated carbocycles. The Morgan fingerprint density at radius 2 is 1.90 bits per heavy atom. The molecule has 2 saturated heterocycles. The van der Waals surface area contributed by atoms with E-state index in [1.54, 1.807) is 11.0 Å². The molecule has 10 heteroatoms. The topological polar surface area (TPSA) is 114 Å². The summed E-state index contributed by atoms with van der Waals surface area (Å²) in [6, 6.07) is 1.75. The number of carboxylic acid groups (broad SMARTS) is 1. The third kappa shape index (κ3) is 7.99. The van der Waals surface area contributed by atoms with E-state index in [2.05, 4.69) is 24.1 Å². The van der Waals surface area contributed by atoms with Crippen LogP contribution in [0, 0.1) is 35.0 Å². The van der Waals surface area contributed by atoms with Crippen molar-refractivity contribution in [2.75, 3.05) is 31.2 Å². The third-order valence-electron chi connectivity index (χ3n) is 7.71. The summed E-state index contributed by atoms with van der Waals surface area (Å²) in [7, 11) is 0. The molecular weight excluding hydrogens is 532 g/mol. The largest absolute Gasteiger partial charge is 0.477 e. The molecule has 2 N–H and O–H groups in total. The van der Waals surface area contributed by atoms with E-state index in [1.165, 1.54) is 0 Å². The van der Waals surface area contributed by atoms with Gasteiger partial charge >= 0.3 is 12.1 Å². The van der Waals surface area contributed by atoms with Crippen LogP contribution in [-0.2, 0) is 19.0 Å². The number of nitrogens with zero attached hydrogens (tertiary/aromatic N) is 1. The number of carbonyl (C=O) groups excluding carboxylic acids is 2. The minimum absolute atomic E-state index is 0.0236. The Kier molecular flexibility index (Phi) is 10.1. The molecule has 1 aromatic rings. The molecule has 40 heavy (non-hydrogen) atoms. The second kappa shape index (κ2) is 13.4. The highest BCUT2D eigenvalue weighted by Gasteiger charge is 2.43. The lowest BCUT2D eigenvalue weighted by Crippen LogP contribution is -2.39. The number of fused-ring (bicyclic) bond motifs is 1. The van der Waals surface area contributed by atoms with Crippen LogP contribution in [0.3, 0.4) is 0 Å². The average Bonchev–Trinajstić information content (AvgIpc) is 3.62. The van der Waals surface area contributed by atoms with Gasteiger partial charge in [0.05, 0.1) is 29.7 Å². The summed E-state index contributed by atoms with van der Waals surface area (Å²) in [6.07, 6.45) is 4.56. The zero-order valence-electron chi connectivity index (χ0n) is 24.0. The molecule has 3 fully saturated rings. The van der Waals surface area contributed by atoms with Gasteiger partial charge in [0.2, 0.25) is 5.91 Å². The Balaban J connectivity index is 1.39. The number of amides is 2. The Bertz CT molecular complexity index is 1120. The van der Waals surface area contributed by atoms with Gasteiger partial charge in [-0.3, -0.25) is 4.79 Å². The van der Waals surface area contributed by atoms with Crippen molar-refractivity contribution in [2.24, 2.45) is 23.2 Å². The van der Waals surface area contributed by atoms with Gasteiger partial charge in [-0.1, -0.05) is 18.8 Å². The lowest BCUT2D eigenvalue weighted by atomic mass is 9.82. The third-order valence-corrected chi connectivity index (χ3v) is 8.74. The minimum Gasteiger partial charge on any atom is -0.477 e. The summed E-state index contributed by atoms with van der Waals surface area (Å²) in [4.78, 5) is 40.7. The molecule has 0 aromatic carbocycles. The van der Waals surface area contributed by atoms with Crippen LogP contribution in [0.1, 0.15) is 87.2 Å². The highest BCUT2D eigenvalue weighted by atomic mass is 32.1. The standard InChI is InChI=1S/C30H42N2O7S/c1-19-7-9-20(10-8-19)26(33)32(23-17-21(11-13-30(2,3)4)40-25(23)27(34)35)15-6-5-14-31-29(36)39-24-18-38-28-22(24)12-16-37-28/h17,19-20,22,24,28H,5-10,12,14-16,18H2,1-4H3,(H,31,36)(H,34,35)/t19?,20?,22?,24?,28-/m0/s1.